The maximum Gasteiger partial charge on any atom is 0.439 e. The SMILES string of the molecule is C/C(=C1/c2ccc(Cc3c(Cl)nc4ccccn34)cc2COc2cc(F)ccc21)c1noc(=O)[nH]1. The van der Waals surface area contributed by atoms with E-state index in [1.807, 2.05) is 47.9 Å². The highest BCUT2D eigenvalue weighted by Gasteiger charge is 2.24. The second-order valence-electron chi connectivity index (χ2n) is 8.32. The molecule has 35 heavy (non-hydrogen) atoms. The molecule has 0 bridgehead atoms. The standard InChI is InChI=1S/C26H18ClFN4O3/c1-14(25-30-26(33)35-31-25)23-18-7-5-15(11-20-24(27)29-22-4-2-3-9-32(20)22)10-16(18)13-34-21-12-17(28)6-8-19(21)23/h2-10,12H,11,13H2,1H3,(H,30,31,33)/b23-14+. The van der Waals surface area contributed by atoms with Gasteiger partial charge in [0.2, 0.25) is 0 Å². The number of H-pyrrole nitrogens is 1. The van der Waals surface area contributed by atoms with Crippen LogP contribution in [-0.4, -0.2) is 19.5 Å². The van der Waals surface area contributed by atoms with Crippen molar-refractivity contribution in [3.05, 3.63) is 116 Å². The zero-order valence-electron chi connectivity index (χ0n) is 18.5. The molecule has 0 unspecified atom stereocenters. The molecule has 0 radical (unpaired) electrons. The number of allylic oxidation sites excluding steroid dienone is 1. The first-order valence-corrected chi connectivity index (χ1v) is 11.3. The minimum absolute atomic E-state index is 0.243. The van der Waals surface area contributed by atoms with Crippen LogP contribution < -0.4 is 10.5 Å². The highest BCUT2D eigenvalue weighted by molar-refractivity contribution is 6.30. The van der Waals surface area contributed by atoms with Crippen LogP contribution >= 0.6 is 11.6 Å². The number of benzene rings is 2. The zero-order valence-corrected chi connectivity index (χ0v) is 19.3. The fourth-order valence-electron chi connectivity index (χ4n) is 4.53. The van der Waals surface area contributed by atoms with Crippen molar-refractivity contribution in [2.75, 3.05) is 0 Å². The summed E-state index contributed by atoms with van der Waals surface area (Å²) in [5.74, 6) is -0.336. The Kier molecular flexibility index (Phi) is 5.04. The average Bonchev–Trinajstić information content (AvgIpc) is 3.37. The van der Waals surface area contributed by atoms with Crippen molar-refractivity contribution >= 4 is 28.4 Å². The molecule has 0 saturated carbocycles. The maximum absolute atomic E-state index is 14.1. The molecule has 1 aliphatic heterocycles. The Hall–Kier alpha value is -4.17. The van der Waals surface area contributed by atoms with Crippen LogP contribution in [0, 0.1) is 5.82 Å². The van der Waals surface area contributed by atoms with E-state index in [4.69, 9.17) is 20.9 Å². The number of halogens is 2. The van der Waals surface area contributed by atoms with E-state index in [0.29, 0.717) is 34.3 Å². The van der Waals surface area contributed by atoms with Crippen molar-refractivity contribution in [3.63, 3.8) is 0 Å². The molecule has 2 aromatic carbocycles. The van der Waals surface area contributed by atoms with E-state index in [1.54, 1.807) is 6.07 Å². The van der Waals surface area contributed by atoms with Gasteiger partial charge in [-0.2, -0.15) is 0 Å². The quantitative estimate of drug-likeness (QED) is 0.374. The van der Waals surface area contributed by atoms with Gasteiger partial charge in [0.1, 0.15) is 23.8 Å². The van der Waals surface area contributed by atoms with Gasteiger partial charge in [-0.15, -0.1) is 0 Å². The number of aromatic nitrogens is 4. The minimum atomic E-state index is -0.648. The van der Waals surface area contributed by atoms with Crippen LogP contribution in [0.1, 0.15) is 40.7 Å². The normalized spacial score (nSPS) is 14.3. The van der Waals surface area contributed by atoms with Crippen molar-refractivity contribution < 1.29 is 13.7 Å². The number of nitrogens with zero attached hydrogens (tertiary/aromatic N) is 3. The predicted molar refractivity (Wildman–Crippen MR) is 129 cm³/mol. The molecule has 0 atom stereocenters. The van der Waals surface area contributed by atoms with Crippen molar-refractivity contribution in [2.45, 2.75) is 20.0 Å². The Bertz CT molecular complexity index is 1700. The van der Waals surface area contributed by atoms with Gasteiger partial charge < -0.3 is 9.14 Å². The second kappa shape index (κ2) is 8.25. The number of rotatable bonds is 3. The zero-order chi connectivity index (χ0) is 24.1. The number of hydrogen-bond acceptors (Lipinski definition) is 5. The van der Waals surface area contributed by atoms with Gasteiger partial charge in [0.25, 0.3) is 0 Å². The van der Waals surface area contributed by atoms with E-state index in [-0.39, 0.29) is 6.61 Å². The largest absolute Gasteiger partial charge is 0.488 e. The van der Waals surface area contributed by atoms with Crippen molar-refractivity contribution in [2.24, 2.45) is 0 Å². The summed E-state index contributed by atoms with van der Waals surface area (Å²) in [6.45, 7) is 2.07. The average molecular weight is 489 g/mol. The lowest BCUT2D eigenvalue weighted by Crippen LogP contribution is -2.01. The van der Waals surface area contributed by atoms with Gasteiger partial charge in [-0.05, 0) is 53.5 Å². The monoisotopic (exact) mass is 488 g/mol. The summed E-state index contributed by atoms with van der Waals surface area (Å²) in [6, 6.07) is 16.2. The topological polar surface area (TPSA) is 85.4 Å². The molecule has 3 aromatic heterocycles. The fourth-order valence-corrected chi connectivity index (χ4v) is 4.77. The molecule has 1 N–H and O–H groups in total. The van der Waals surface area contributed by atoms with Crippen LogP contribution in [0.15, 0.2) is 70.1 Å². The summed E-state index contributed by atoms with van der Waals surface area (Å²) >= 11 is 6.45. The molecule has 0 saturated heterocycles. The molecule has 9 heteroatoms. The number of nitrogens with one attached hydrogen (secondary N) is 1. The van der Waals surface area contributed by atoms with E-state index < -0.39 is 11.6 Å². The fraction of sp³-hybridized carbons (Fsp3) is 0.115. The van der Waals surface area contributed by atoms with E-state index in [0.717, 1.165) is 33.6 Å². The Morgan fingerprint density at radius 1 is 1.17 bits per heavy atom. The molecular formula is C26H18ClFN4O3. The first-order chi connectivity index (χ1) is 17.0. The Morgan fingerprint density at radius 2 is 2.03 bits per heavy atom. The molecule has 174 valence electrons. The molecule has 5 aromatic rings. The van der Waals surface area contributed by atoms with Gasteiger partial charge in [0, 0.05) is 29.8 Å². The van der Waals surface area contributed by atoms with Crippen LogP contribution in [0.25, 0.3) is 16.8 Å². The Morgan fingerprint density at radius 3 is 2.86 bits per heavy atom. The van der Waals surface area contributed by atoms with E-state index >= 15 is 0 Å². The van der Waals surface area contributed by atoms with Gasteiger partial charge in [-0.25, -0.2) is 14.2 Å². The minimum Gasteiger partial charge on any atom is -0.488 e. The van der Waals surface area contributed by atoms with Crippen LogP contribution in [0.4, 0.5) is 4.39 Å². The molecule has 7 nitrogen and oxygen atoms in total. The molecular weight excluding hydrogens is 471 g/mol. The molecule has 0 amide bonds. The summed E-state index contributed by atoms with van der Waals surface area (Å²) in [5.41, 5.74) is 6.63. The van der Waals surface area contributed by atoms with Crippen LogP contribution in [0.2, 0.25) is 5.15 Å². The van der Waals surface area contributed by atoms with E-state index in [1.165, 1.54) is 12.1 Å². The first-order valence-electron chi connectivity index (χ1n) is 10.9. The molecule has 6 rings (SSSR count). The lowest BCUT2D eigenvalue weighted by atomic mass is 9.89. The van der Waals surface area contributed by atoms with Gasteiger partial charge in [0.15, 0.2) is 11.0 Å². The molecule has 4 heterocycles. The summed E-state index contributed by atoms with van der Waals surface area (Å²) in [7, 11) is 0. The van der Waals surface area contributed by atoms with Crippen molar-refractivity contribution in [1.82, 2.24) is 19.5 Å². The van der Waals surface area contributed by atoms with Gasteiger partial charge in [0.05, 0.1) is 5.69 Å². The number of imidazole rings is 1. The van der Waals surface area contributed by atoms with Gasteiger partial charge >= 0.3 is 5.76 Å². The molecule has 0 fully saturated rings. The smallest absolute Gasteiger partial charge is 0.439 e. The third-order valence-electron chi connectivity index (χ3n) is 6.16. The molecule has 0 aliphatic carbocycles. The Balaban J connectivity index is 1.49. The third-order valence-corrected chi connectivity index (χ3v) is 6.46. The van der Waals surface area contributed by atoms with Gasteiger partial charge in [-0.1, -0.05) is 41.0 Å². The molecule has 1 aliphatic rings. The van der Waals surface area contributed by atoms with Crippen LogP contribution in [0.3, 0.4) is 0 Å². The highest BCUT2D eigenvalue weighted by atomic mass is 35.5. The van der Waals surface area contributed by atoms with E-state index in [2.05, 4.69) is 21.2 Å². The summed E-state index contributed by atoms with van der Waals surface area (Å²) in [6.07, 6.45) is 2.50. The van der Waals surface area contributed by atoms with Crippen LogP contribution in [0.5, 0.6) is 5.75 Å². The predicted octanol–water partition coefficient (Wildman–Crippen LogP) is 5.27. The summed E-state index contributed by atoms with van der Waals surface area (Å²) < 4.78 is 26.8. The first kappa shape index (κ1) is 21.4. The summed E-state index contributed by atoms with van der Waals surface area (Å²) in [5, 5.41) is 4.31. The third kappa shape index (κ3) is 3.72. The maximum atomic E-state index is 14.1. The lowest BCUT2D eigenvalue weighted by molar-refractivity contribution is 0.305. The van der Waals surface area contributed by atoms with E-state index in [9.17, 15) is 9.18 Å². The number of pyridine rings is 1. The van der Waals surface area contributed by atoms with Crippen molar-refractivity contribution in [3.8, 4) is 5.75 Å². The lowest BCUT2D eigenvalue weighted by Gasteiger charge is -2.14. The number of fused-ring (bicyclic) bond motifs is 3. The number of hydrogen-bond donors (Lipinski definition) is 1. The van der Waals surface area contributed by atoms with Crippen molar-refractivity contribution in [1.29, 1.82) is 0 Å². The summed E-state index contributed by atoms with van der Waals surface area (Å²) in [4.78, 5) is 18.6. The number of ether oxygens (including phenoxy) is 1. The number of aromatic amines is 1. The Labute approximate surface area is 203 Å². The second-order valence-corrected chi connectivity index (χ2v) is 8.68. The van der Waals surface area contributed by atoms with Crippen LogP contribution in [-0.2, 0) is 13.0 Å². The molecule has 0 spiro atoms. The highest BCUT2D eigenvalue weighted by Crippen LogP contribution is 2.41. The van der Waals surface area contributed by atoms with Gasteiger partial charge in [-0.3, -0.25) is 9.51 Å².